The fourth-order valence-electron chi connectivity index (χ4n) is 6.25. The molecule has 1 heterocycles. The lowest BCUT2D eigenvalue weighted by Gasteiger charge is -2.44. The Balaban J connectivity index is 1.79. The minimum Gasteiger partial charge on any atom is -0.466 e. The number of esters is 1. The van der Waals surface area contributed by atoms with E-state index in [1.54, 1.807) is 11.0 Å². The molecule has 1 aliphatic rings. The number of hydrogen-bond donors (Lipinski definition) is 1. The molecule has 1 aliphatic heterocycles. The number of benzene rings is 3. The molecule has 0 spiro atoms. The van der Waals surface area contributed by atoms with E-state index in [-0.39, 0.29) is 24.2 Å². The molecular formula is C37H48N2O6Si. The summed E-state index contributed by atoms with van der Waals surface area (Å²) < 4.78 is 18.2. The van der Waals surface area contributed by atoms with E-state index in [9.17, 15) is 14.8 Å². The average Bonchev–Trinajstić information content (AvgIpc) is 3.43. The van der Waals surface area contributed by atoms with Gasteiger partial charge in [-0.25, -0.2) is 9.59 Å². The van der Waals surface area contributed by atoms with Crippen LogP contribution in [0.2, 0.25) is 5.04 Å². The van der Waals surface area contributed by atoms with Crippen LogP contribution in [0.5, 0.6) is 0 Å². The Bertz CT molecular complexity index is 1410. The van der Waals surface area contributed by atoms with Crippen molar-refractivity contribution < 1.29 is 28.7 Å². The van der Waals surface area contributed by atoms with E-state index in [0.717, 1.165) is 15.9 Å². The van der Waals surface area contributed by atoms with Gasteiger partial charge in [0.1, 0.15) is 5.60 Å². The Morgan fingerprint density at radius 2 is 1.43 bits per heavy atom. The van der Waals surface area contributed by atoms with Crippen LogP contribution in [0.3, 0.4) is 0 Å². The van der Waals surface area contributed by atoms with Crippen molar-refractivity contribution in [3.05, 3.63) is 109 Å². The average molecular weight is 645 g/mol. The normalized spacial score (nSPS) is 18.2. The molecule has 3 atom stereocenters. The van der Waals surface area contributed by atoms with Gasteiger partial charge in [0, 0.05) is 19.2 Å². The fourth-order valence-corrected chi connectivity index (χ4v) is 10.9. The first-order chi connectivity index (χ1) is 21.7. The van der Waals surface area contributed by atoms with Crippen LogP contribution in [-0.2, 0) is 25.2 Å². The summed E-state index contributed by atoms with van der Waals surface area (Å²) in [5.41, 5.74) is 0.141. The first-order valence-corrected chi connectivity index (χ1v) is 17.7. The van der Waals surface area contributed by atoms with Crippen LogP contribution in [0.25, 0.3) is 0 Å². The molecule has 0 aliphatic carbocycles. The first kappa shape index (κ1) is 35.1. The number of amides is 1. The van der Waals surface area contributed by atoms with Gasteiger partial charge in [-0.3, -0.25) is 0 Å². The minimum atomic E-state index is -2.97. The monoisotopic (exact) mass is 644 g/mol. The maximum Gasteiger partial charge on any atom is 0.410 e. The van der Waals surface area contributed by atoms with E-state index < -0.39 is 38.1 Å². The molecule has 1 N–H and O–H groups in total. The van der Waals surface area contributed by atoms with Gasteiger partial charge >= 0.3 is 12.1 Å². The van der Waals surface area contributed by atoms with Crippen molar-refractivity contribution >= 4 is 30.8 Å². The zero-order valence-electron chi connectivity index (χ0n) is 28.1. The van der Waals surface area contributed by atoms with Crippen LogP contribution in [0.15, 0.2) is 103 Å². The minimum absolute atomic E-state index is 0.176. The predicted octanol–water partition coefficient (Wildman–Crippen LogP) is 5.93. The molecule has 0 bridgehead atoms. The molecular weight excluding hydrogens is 597 g/mol. The van der Waals surface area contributed by atoms with Gasteiger partial charge < -0.3 is 24.0 Å². The maximum atomic E-state index is 13.8. The molecule has 246 valence electrons. The third-order valence-corrected chi connectivity index (χ3v) is 13.3. The highest BCUT2D eigenvalue weighted by molar-refractivity contribution is 6.99. The van der Waals surface area contributed by atoms with Crippen molar-refractivity contribution in [1.82, 2.24) is 9.96 Å². The van der Waals surface area contributed by atoms with Gasteiger partial charge in [0.25, 0.3) is 8.32 Å². The van der Waals surface area contributed by atoms with Crippen LogP contribution in [-0.4, -0.2) is 73.0 Å². The van der Waals surface area contributed by atoms with Crippen molar-refractivity contribution in [2.75, 3.05) is 13.7 Å². The standard InChI is InChI=1S/C37H48N2O6Si/c1-36(2,3)44-35(41)38-27-29(25-33(38)32(23-24-34(40)43-7)39(42)26-28-17-11-8-12-18-28)45-46(37(4,5)6,30-19-13-9-14-20-30)31-21-15-10-16-22-31/h8-24,29,32-33,42H,25-27H2,1-7H3/b24-23+/t29-,32+,33-/m1/s1. The molecule has 8 nitrogen and oxygen atoms in total. The number of likely N-dealkylation sites (tertiary alicyclic amines) is 1. The molecule has 4 rings (SSSR count). The van der Waals surface area contributed by atoms with Gasteiger partial charge in [-0.05, 0) is 48.2 Å². The number of ether oxygens (including phenoxy) is 2. The number of carbonyl (C=O) groups is 2. The van der Waals surface area contributed by atoms with Crippen molar-refractivity contribution in [1.29, 1.82) is 0 Å². The summed E-state index contributed by atoms with van der Waals surface area (Å²) in [6.45, 7) is 12.6. The van der Waals surface area contributed by atoms with Gasteiger partial charge in [0.05, 0.1) is 25.3 Å². The van der Waals surface area contributed by atoms with Crippen LogP contribution in [0, 0.1) is 0 Å². The second-order valence-electron chi connectivity index (χ2n) is 13.8. The molecule has 0 radical (unpaired) electrons. The van der Waals surface area contributed by atoms with E-state index in [2.05, 4.69) is 45.0 Å². The molecule has 0 saturated carbocycles. The number of rotatable bonds is 10. The maximum absolute atomic E-state index is 13.8. The predicted molar refractivity (Wildman–Crippen MR) is 183 cm³/mol. The second kappa shape index (κ2) is 14.8. The topological polar surface area (TPSA) is 88.5 Å². The number of nitrogens with zero attached hydrogens (tertiary/aromatic N) is 2. The number of hydrogen-bond acceptors (Lipinski definition) is 7. The van der Waals surface area contributed by atoms with Gasteiger partial charge in [0.15, 0.2) is 0 Å². The van der Waals surface area contributed by atoms with Gasteiger partial charge in [-0.2, -0.15) is 5.06 Å². The fraction of sp³-hybridized carbons (Fsp3) is 0.405. The van der Waals surface area contributed by atoms with Crippen LogP contribution >= 0.6 is 0 Å². The van der Waals surface area contributed by atoms with Gasteiger partial charge in [0.2, 0.25) is 0 Å². The number of methoxy groups -OCH3 is 1. The van der Waals surface area contributed by atoms with E-state index in [4.69, 9.17) is 13.9 Å². The summed E-state index contributed by atoms with van der Waals surface area (Å²) >= 11 is 0. The second-order valence-corrected chi connectivity index (χ2v) is 18.0. The molecule has 1 amide bonds. The van der Waals surface area contributed by atoms with Gasteiger partial charge in [-0.15, -0.1) is 0 Å². The number of carbonyl (C=O) groups excluding carboxylic acids is 2. The zero-order valence-corrected chi connectivity index (χ0v) is 29.1. The molecule has 1 saturated heterocycles. The third-order valence-electron chi connectivity index (χ3n) is 8.25. The Hall–Kier alpha value is -3.76. The molecule has 46 heavy (non-hydrogen) atoms. The summed E-state index contributed by atoms with van der Waals surface area (Å²) in [4.78, 5) is 27.7. The zero-order chi connectivity index (χ0) is 33.5. The van der Waals surface area contributed by atoms with Crippen LogP contribution < -0.4 is 10.4 Å². The van der Waals surface area contributed by atoms with E-state index in [1.807, 2.05) is 87.5 Å². The van der Waals surface area contributed by atoms with E-state index in [1.165, 1.54) is 18.2 Å². The molecule has 1 fully saturated rings. The van der Waals surface area contributed by atoms with E-state index >= 15 is 0 Å². The Morgan fingerprint density at radius 3 is 1.91 bits per heavy atom. The smallest absolute Gasteiger partial charge is 0.410 e. The van der Waals surface area contributed by atoms with Crippen LogP contribution in [0.1, 0.15) is 53.5 Å². The summed E-state index contributed by atoms with van der Waals surface area (Å²) in [7, 11) is -1.66. The third kappa shape index (κ3) is 8.33. The number of hydroxylamine groups is 2. The van der Waals surface area contributed by atoms with Crippen molar-refractivity contribution in [2.45, 2.75) is 83.3 Å². The lowest BCUT2D eigenvalue weighted by Crippen LogP contribution is -2.67. The highest BCUT2D eigenvalue weighted by atomic mass is 28.4. The quantitative estimate of drug-likeness (QED) is 0.127. The molecule has 0 unspecified atom stereocenters. The summed E-state index contributed by atoms with van der Waals surface area (Å²) in [5.74, 6) is -0.556. The molecule has 9 heteroatoms. The van der Waals surface area contributed by atoms with E-state index in [0.29, 0.717) is 6.42 Å². The summed E-state index contributed by atoms with van der Waals surface area (Å²) in [6, 6.07) is 28.9. The van der Waals surface area contributed by atoms with Gasteiger partial charge in [-0.1, -0.05) is 118 Å². The molecule has 3 aromatic carbocycles. The summed E-state index contributed by atoms with van der Waals surface area (Å²) in [5, 5.41) is 14.7. The Labute approximate surface area is 274 Å². The SMILES string of the molecule is COC(=O)/C=C/[C@@H]([C@H]1C[C@@H](O[Si](c2ccccc2)(c2ccccc2)C(C)(C)C)CN1C(=O)OC(C)(C)C)N(O)Cc1ccccc1. The Morgan fingerprint density at radius 1 is 0.913 bits per heavy atom. The molecule has 3 aromatic rings. The highest BCUT2D eigenvalue weighted by Crippen LogP contribution is 2.40. The largest absolute Gasteiger partial charge is 0.466 e. The lowest BCUT2D eigenvalue weighted by molar-refractivity contribution is -0.138. The molecule has 0 aromatic heterocycles. The lowest BCUT2D eigenvalue weighted by atomic mass is 10.0. The van der Waals surface area contributed by atoms with Crippen molar-refractivity contribution in [3.63, 3.8) is 0 Å². The highest BCUT2D eigenvalue weighted by Gasteiger charge is 2.54. The van der Waals surface area contributed by atoms with Crippen molar-refractivity contribution in [3.8, 4) is 0 Å². The van der Waals surface area contributed by atoms with Crippen LogP contribution in [0.4, 0.5) is 4.79 Å². The summed E-state index contributed by atoms with van der Waals surface area (Å²) in [6.07, 6.45) is 2.41. The Kier molecular flexibility index (Phi) is 11.3. The first-order valence-electron chi connectivity index (χ1n) is 15.8. The van der Waals surface area contributed by atoms with Crippen molar-refractivity contribution in [2.24, 2.45) is 0 Å².